The van der Waals surface area contributed by atoms with Crippen molar-refractivity contribution in [3.05, 3.63) is 58.1 Å². The topological polar surface area (TPSA) is 72.2 Å². The average Bonchev–Trinajstić information content (AvgIpc) is 2.47. The first-order chi connectivity index (χ1) is 11.2. The summed E-state index contributed by atoms with van der Waals surface area (Å²) >= 11 is 0.588. The summed E-state index contributed by atoms with van der Waals surface area (Å²) < 4.78 is 39.6. The molecule has 0 fully saturated rings. The zero-order valence-electron chi connectivity index (χ0n) is 12.3. The predicted octanol–water partition coefficient (Wildman–Crippen LogP) is 4.72. The van der Waals surface area contributed by atoms with Crippen LogP contribution in [-0.4, -0.2) is 10.8 Å². The van der Waals surface area contributed by atoms with E-state index in [-0.39, 0.29) is 10.6 Å². The Kier molecular flexibility index (Phi) is 5.13. The van der Waals surface area contributed by atoms with E-state index in [1.165, 1.54) is 19.1 Å². The number of anilines is 1. The van der Waals surface area contributed by atoms with Crippen LogP contribution in [-0.2, 0) is 11.0 Å². The summed E-state index contributed by atoms with van der Waals surface area (Å²) in [6, 6.07) is 8.94. The second-order valence-corrected chi connectivity index (χ2v) is 5.74. The molecule has 1 N–H and O–H groups in total. The number of nitrogens with zero attached hydrogens (tertiary/aromatic N) is 1. The molecule has 2 aromatic rings. The number of benzene rings is 2. The third kappa shape index (κ3) is 4.05. The van der Waals surface area contributed by atoms with E-state index in [4.69, 9.17) is 0 Å². The number of halogens is 3. The number of hydrogen-bond acceptors (Lipinski definition) is 4. The normalized spacial score (nSPS) is 11.2. The summed E-state index contributed by atoms with van der Waals surface area (Å²) in [5.41, 5.74) is -1.46. The molecule has 0 aliphatic rings. The summed E-state index contributed by atoms with van der Waals surface area (Å²) in [4.78, 5) is 21.2. The lowest BCUT2D eigenvalue weighted by Crippen LogP contribution is -2.09. The van der Waals surface area contributed by atoms with Gasteiger partial charge >= 0.3 is 6.18 Å². The highest BCUT2D eigenvalue weighted by Gasteiger charge is 2.37. The predicted molar refractivity (Wildman–Crippen MR) is 83.0 cm³/mol. The van der Waals surface area contributed by atoms with Crippen LogP contribution in [0.4, 0.5) is 24.5 Å². The maximum atomic E-state index is 13.2. The Morgan fingerprint density at radius 3 is 2.42 bits per heavy atom. The molecule has 0 aliphatic heterocycles. The van der Waals surface area contributed by atoms with Gasteiger partial charge in [0.2, 0.25) is 5.91 Å². The second kappa shape index (κ2) is 6.91. The van der Waals surface area contributed by atoms with Crippen molar-refractivity contribution in [2.24, 2.45) is 0 Å². The molecule has 2 aromatic carbocycles. The van der Waals surface area contributed by atoms with Crippen LogP contribution in [0.2, 0.25) is 0 Å². The van der Waals surface area contributed by atoms with Gasteiger partial charge in [0.1, 0.15) is 4.90 Å². The SMILES string of the molecule is CC(=O)Nc1ccccc1Sc1c([N+](=O)[O-])cccc1C(F)(F)F. The number of rotatable bonds is 4. The smallest absolute Gasteiger partial charge is 0.325 e. The molecule has 0 aromatic heterocycles. The van der Waals surface area contributed by atoms with Crippen molar-refractivity contribution in [1.82, 2.24) is 0 Å². The van der Waals surface area contributed by atoms with Gasteiger partial charge in [0, 0.05) is 17.9 Å². The fourth-order valence-corrected chi connectivity index (χ4v) is 3.09. The van der Waals surface area contributed by atoms with Crippen molar-refractivity contribution >= 4 is 29.0 Å². The third-order valence-electron chi connectivity index (χ3n) is 2.91. The van der Waals surface area contributed by atoms with Gasteiger partial charge < -0.3 is 5.32 Å². The molecule has 0 atom stereocenters. The highest BCUT2D eigenvalue weighted by molar-refractivity contribution is 7.99. The van der Waals surface area contributed by atoms with Gasteiger partial charge in [0.15, 0.2) is 0 Å². The molecular weight excluding hydrogens is 345 g/mol. The van der Waals surface area contributed by atoms with Crippen LogP contribution < -0.4 is 5.32 Å². The number of hydrogen-bond donors (Lipinski definition) is 1. The van der Waals surface area contributed by atoms with Gasteiger partial charge in [-0.1, -0.05) is 30.0 Å². The van der Waals surface area contributed by atoms with Crippen LogP contribution >= 0.6 is 11.8 Å². The fraction of sp³-hybridized carbons (Fsp3) is 0.133. The number of carbonyl (C=O) groups excluding carboxylic acids is 1. The lowest BCUT2D eigenvalue weighted by Gasteiger charge is -2.14. The fourth-order valence-electron chi connectivity index (χ4n) is 1.96. The first-order valence-corrected chi connectivity index (χ1v) is 7.41. The molecule has 126 valence electrons. The Morgan fingerprint density at radius 1 is 1.17 bits per heavy atom. The highest BCUT2D eigenvalue weighted by atomic mass is 32.2. The van der Waals surface area contributed by atoms with Gasteiger partial charge in [0.25, 0.3) is 5.69 Å². The van der Waals surface area contributed by atoms with E-state index in [0.29, 0.717) is 11.8 Å². The van der Waals surface area contributed by atoms with Crippen LogP contribution in [0, 0.1) is 10.1 Å². The van der Waals surface area contributed by atoms with Gasteiger partial charge in [0.05, 0.1) is 16.2 Å². The van der Waals surface area contributed by atoms with E-state index >= 15 is 0 Å². The van der Waals surface area contributed by atoms with Gasteiger partial charge in [-0.25, -0.2) is 0 Å². The first-order valence-electron chi connectivity index (χ1n) is 6.59. The Hall–Kier alpha value is -2.55. The summed E-state index contributed by atoms with van der Waals surface area (Å²) in [5.74, 6) is -0.401. The van der Waals surface area contributed by atoms with Gasteiger partial charge in [-0.05, 0) is 18.2 Å². The van der Waals surface area contributed by atoms with Crippen LogP contribution in [0.5, 0.6) is 0 Å². The van der Waals surface area contributed by atoms with E-state index in [2.05, 4.69) is 5.32 Å². The van der Waals surface area contributed by atoms with Crippen LogP contribution in [0.25, 0.3) is 0 Å². The molecule has 0 radical (unpaired) electrons. The summed E-state index contributed by atoms with van der Waals surface area (Å²) in [5, 5.41) is 13.6. The van der Waals surface area contributed by atoms with Gasteiger partial charge in [-0.2, -0.15) is 13.2 Å². The minimum Gasteiger partial charge on any atom is -0.325 e. The summed E-state index contributed by atoms with van der Waals surface area (Å²) in [6.45, 7) is 1.26. The number of nitro benzene ring substituents is 1. The Labute approximate surface area is 139 Å². The maximum absolute atomic E-state index is 13.2. The summed E-state index contributed by atoms with van der Waals surface area (Å²) in [7, 11) is 0. The van der Waals surface area contributed by atoms with E-state index in [1.54, 1.807) is 12.1 Å². The molecule has 0 unspecified atom stereocenters. The number of amides is 1. The molecule has 0 heterocycles. The molecule has 0 spiro atoms. The minimum atomic E-state index is -4.74. The van der Waals surface area contributed by atoms with Crippen molar-refractivity contribution in [1.29, 1.82) is 0 Å². The molecule has 9 heteroatoms. The number of carbonyl (C=O) groups is 1. The quantitative estimate of drug-likeness (QED) is 0.635. The monoisotopic (exact) mass is 356 g/mol. The van der Waals surface area contributed by atoms with Crippen molar-refractivity contribution < 1.29 is 22.9 Å². The molecule has 0 aliphatic carbocycles. The molecule has 5 nitrogen and oxygen atoms in total. The van der Waals surface area contributed by atoms with E-state index in [1.807, 2.05) is 0 Å². The molecular formula is C15H11F3N2O3S. The highest BCUT2D eigenvalue weighted by Crippen LogP contribution is 2.45. The van der Waals surface area contributed by atoms with Crippen molar-refractivity contribution in [2.45, 2.75) is 22.9 Å². The summed E-state index contributed by atoms with van der Waals surface area (Å²) in [6.07, 6.45) is -4.74. The molecule has 0 bridgehead atoms. The van der Waals surface area contributed by atoms with Crippen molar-refractivity contribution in [2.75, 3.05) is 5.32 Å². The van der Waals surface area contributed by atoms with Crippen LogP contribution in [0.3, 0.4) is 0 Å². The van der Waals surface area contributed by atoms with Gasteiger partial charge in [-0.15, -0.1) is 0 Å². The number of para-hydroxylation sites is 1. The second-order valence-electron chi connectivity index (χ2n) is 4.69. The number of nitro groups is 1. The Morgan fingerprint density at radius 2 is 1.83 bits per heavy atom. The minimum absolute atomic E-state index is 0.271. The number of alkyl halides is 3. The van der Waals surface area contributed by atoms with Crippen LogP contribution in [0.1, 0.15) is 12.5 Å². The molecule has 24 heavy (non-hydrogen) atoms. The van der Waals surface area contributed by atoms with Crippen LogP contribution in [0.15, 0.2) is 52.3 Å². The molecule has 0 saturated heterocycles. The van der Waals surface area contributed by atoms with Crippen molar-refractivity contribution in [3.8, 4) is 0 Å². The Bertz CT molecular complexity index is 794. The largest absolute Gasteiger partial charge is 0.417 e. The number of nitrogens with one attached hydrogen (secondary N) is 1. The standard InChI is InChI=1S/C15H11F3N2O3S/c1-9(21)19-11-6-2-3-8-13(11)24-14-10(15(16,17)18)5-4-7-12(14)20(22)23/h2-8H,1H3,(H,19,21). The Balaban J connectivity index is 2.57. The van der Waals surface area contributed by atoms with Gasteiger partial charge in [-0.3, -0.25) is 14.9 Å². The van der Waals surface area contributed by atoms with E-state index < -0.39 is 33.2 Å². The zero-order valence-corrected chi connectivity index (χ0v) is 13.1. The molecule has 2 rings (SSSR count). The zero-order chi connectivity index (χ0) is 17.9. The molecule has 1 amide bonds. The third-order valence-corrected chi connectivity index (χ3v) is 4.12. The molecule has 0 saturated carbocycles. The first kappa shape index (κ1) is 17.8. The maximum Gasteiger partial charge on any atom is 0.417 e. The van der Waals surface area contributed by atoms with E-state index in [0.717, 1.165) is 18.2 Å². The van der Waals surface area contributed by atoms with E-state index in [9.17, 15) is 28.1 Å². The average molecular weight is 356 g/mol. The lowest BCUT2D eigenvalue weighted by atomic mass is 10.2. The lowest BCUT2D eigenvalue weighted by molar-refractivity contribution is -0.388. The van der Waals surface area contributed by atoms with Crippen molar-refractivity contribution in [3.63, 3.8) is 0 Å².